The van der Waals surface area contributed by atoms with Crippen molar-refractivity contribution in [1.82, 2.24) is 5.32 Å². The number of likely N-dealkylation sites (N-methyl/N-ethyl adjacent to an activating group) is 1. The van der Waals surface area contributed by atoms with E-state index < -0.39 is 0 Å². The first-order valence-corrected chi connectivity index (χ1v) is 5.81. The first kappa shape index (κ1) is 11.3. The Morgan fingerprint density at radius 2 is 2.06 bits per heavy atom. The van der Waals surface area contributed by atoms with Crippen LogP contribution in [-0.4, -0.2) is 33.3 Å². The topological polar surface area (TPSA) is 24.5 Å². The van der Waals surface area contributed by atoms with Gasteiger partial charge in [-0.15, -0.1) is 0 Å². The van der Waals surface area contributed by atoms with Crippen molar-refractivity contribution >= 4 is 5.69 Å². The molecule has 0 aliphatic carbocycles. The van der Waals surface area contributed by atoms with E-state index in [2.05, 4.69) is 29.3 Å². The maximum atomic E-state index is 5.40. The summed E-state index contributed by atoms with van der Waals surface area (Å²) in [6.45, 7) is 4.43. The molecule has 2 atom stereocenters. The highest BCUT2D eigenvalue weighted by molar-refractivity contribution is 5.59. The molecule has 16 heavy (non-hydrogen) atoms. The molecule has 1 aromatic carbocycles. The molecule has 1 aliphatic heterocycles. The summed E-state index contributed by atoms with van der Waals surface area (Å²) < 4.78 is 5.40. The Morgan fingerprint density at radius 3 is 2.69 bits per heavy atom. The predicted molar refractivity (Wildman–Crippen MR) is 67.2 cm³/mol. The van der Waals surface area contributed by atoms with Crippen molar-refractivity contribution in [3.8, 4) is 5.75 Å². The van der Waals surface area contributed by atoms with Gasteiger partial charge in [0.15, 0.2) is 0 Å². The van der Waals surface area contributed by atoms with Gasteiger partial charge in [0.25, 0.3) is 0 Å². The lowest BCUT2D eigenvalue weighted by atomic mass is 10.1. The highest BCUT2D eigenvalue weighted by atomic mass is 16.5. The minimum absolute atomic E-state index is 0.574. The van der Waals surface area contributed by atoms with Crippen molar-refractivity contribution in [2.24, 2.45) is 5.92 Å². The van der Waals surface area contributed by atoms with Crippen molar-refractivity contribution in [2.45, 2.75) is 13.0 Å². The van der Waals surface area contributed by atoms with Gasteiger partial charge < -0.3 is 15.0 Å². The smallest absolute Gasteiger partial charge is 0.142 e. The fraction of sp³-hybridized carbons (Fsp3) is 0.538. The van der Waals surface area contributed by atoms with Crippen molar-refractivity contribution in [2.75, 3.05) is 32.1 Å². The molecule has 0 aromatic heterocycles. The maximum absolute atomic E-state index is 5.40. The third-order valence-corrected chi connectivity index (χ3v) is 3.41. The van der Waals surface area contributed by atoms with Crippen LogP contribution in [0.5, 0.6) is 5.75 Å². The van der Waals surface area contributed by atoms with Gasteiger partial charge in [-0.3, -0.25) is 0 Å². The van der Waals surface area contributed by atoms with E-state index in [4.69, 9.17) is 4.74 Å². The van der Waals surface area contributed by atoms with E-state index in [0.717, 1.165) is 18.8 Å². The van der Waals surface area contributed by atoms with E-state index in [1.54, 1.807) is 7.11 Å². The van der Waals surface area contributed by atoms with Crippen molar-refractivity contribution in [3.63, 3.8) is 0 Å². The third kappa shape index (κ3) is 2.00. The van der Waals surface area contributed by atoms with Crippen LogP contribution in [0.3, 0.4) is 0 Å². The van der Waals surface area contributed by atoms with Crippen LogP contribution in [-0.2, 0) is 0 Å². The number of benzene rings is 1. The van der Waals surface area contributed by atoms with Gasteiger partial charge in [-0.05, 0) is 25.1 Å². The van der Waals surface area contributed by atoms with E-state index in [1.165, 1.54) is 5.69 Å². The van der Waals surface area contributed by atoms with E-state index >= 15 is 0 Å². The van der Waals surface area contributed by atoms with Gasteiger partial charge in [0.2, 0.25) is 0 Å². The van der Waals surface area contributed by atoms with Gasteiger partial charge in [-0.25, -0.2) is 0 Å². The Morgan fingerprint density at radius 1 is 1.31 bits per heavy atom. The normalized spacial score (nSPS) is 24.8. The Bertz CT molecular complexity index is 354. The summed E-state index contributed by atoms with van der Waals surface area (Å²) >= 11 is 0. The molecule has 2 rings (SSSR count). The van der Waals surface area contributed by atoms with Crippen molar-refractivity contribution in [1.29, 1.82) is 0 Å². The zero-order valence-corrected chi connectivity index (χ0v) is 10.2. The number of nitrogens with one attached hydrogen (secondary N) is 1. The van der Waals surface area contributed by atoms with Crippen LogP contribution in [0, 0.1) is 5.92 Å². The predicted octanol–water partition coefficient (Wildman–Crippen LogP) is 1.74. The van der Waals surface area contributed by atoms with Crippen LogP contribution in [0.2, 0.25) is 0 Å². The summed E-state index contributed by atoms with van der Waals surface area (Å²) in [5, 5.41) is 3.37. The Balaban J connectivity index is 2.19. The second-order valence-electron chi connectivity index (χ2n) is 4.45. The minimum atomic E-state index is 0.574. The molecule has 1 fully saturated rings. The summed E-state index contributed by atoms with van der Waals surface area (Å²) in [7, 11) is 3.76. The SMILES string of the molecule is CNC1CN(c2ccccc2OC)CC1C. The lowest BCUT2D eigenvalue weighted by Crippen LogP contribution is -2.32. The highest BCUT2D eigenvalue weighted by Gasteiger charge is 2.29. The number of hydrogen-bond donors (Lipinski definition) is 1. The van der Waals surface area contributed by atoms with Crippen molar-refractivity contribution in [3.05, 3.63) is 24.3 Å². The zero-order valence-electron chi connectivity index (χ0n) is 10.2. The van der Waals surface area contributed by atoms with Gasteiger partial charge in [-0.2, -0.15) is 0 Å². The zero-order chi connectivity index (χ0) is 11.5. The van der Waals surface area contributed by atoms with Crippen LogP contribution in [0.4, 0.5) is 5.69 Å². The van der Waals surface area contributed by atoms with Crippen LogP contribution >= 0.6 is 0 Å². The highest BCUT2D eigenvalue weighted by Crippen LogP contribution is 2.31. The number of ether oxygens (including phenoxy) is 1. The Hall–Kier alpha value is -1.22. The fourth-order valence-corrected chi connectivity index (χ4v) is 2.43. The van der Waals surface area contributed by atoms with Gasteiger partial charge in [0, 0.05) is 19.1 Å². The molecule has 0 radical (unpaired) electrons. The number of hydrogen-bond acceptors (Lipinski definition) is 3. The fourth-order valence-electron chi connectivity index (χ4n) is 2.43. The summed E-state index contributed by atoms with van der Waals surface area (Å²) in [5.41, 5.74) is 1.20. The number of methoxy groups -OCH3 is 1. The Labute approximate surface area is 97.4 Å². The lowest BCUT2D eigenvalue weighted by molar-refractivity contribution is 0.415. The molecule has 3 heteroatoms. The minimum Gasteiger partial charge on any atom is -0.495 e. The van der Waals surface area contributed by atoms with Gasteiger partial charge >= 0.3 is 0 Å². The number of para-hydroxylation sites is 2. The van der Waals surface area contributed by atoms with Gasteiger partial charge in [-0.1, -0.05) is 19.1 Å². The second kappa shape index (κ2) is 4.74. The average Bonchev–Trinajstić information content (AvgIpc) is 2.70. The van der Waals surface area contributed by atoms with Crippen molar-refractivity contribution < 1.29 is 4.74 Å². The first-order chi connectivity index (χ1) is 7.76. The standard InChI is InChI=1S/C13H20N2O/c1-10-8-15(9-11(10)14-2)12-6-4-5-7-13(12)16-3/h4-7,10-11,14H,8-9H2,1-3H3. The summed E-state index contributed by atoms with van der Waals surface area (Å²) in [5.74, 6) is 1.64. The molecule has 1 aromatic rings. The maximum Gasteiger partial charge on any atom is 0.142 e. The molecule has 3 nitrogen and oxygen atoms in total. The van der Waals surface area contributed by atoms with Crippen LogP contribution in [0.1, 0.15) is 6.92 Å². The largest absolute Gasteiger partial charge is 0.495 e. The van der Waals surface area contributed by atoms with E-state index in [-0.39, 0.29) is 0 Å². The molecule has 1 saturated heterocycles. The summed E-state index contributed by atoms with van der Waals surface area (Å²) in [6.07, 6.45) is 0. The first-order valence-electron chi connectivity index (χ1n) is 5.81. The number of nitrogens with zero attached hydrogens (tertiary/aromatic N) is 1. The van der Waals surface area contributed by atoms with E-state index in [9.17, 15) is 0 Å². The third-order valence-electron chi connectivity index (χ3n) is 3.41. The molecule has 88 valence electrons. The number of rotatable bonds is 3. The molecule has 2 unspecified atom stereocenters. The Kier molecular flexibility index (Phi) is 3.34. The molecule has 0 saturated carbocycles. The molecule has 0 spiro atoms. The molecule has 0 bridgehead atoms. The molecule has 1 aliphatic rings. The molecule has 1 heterocycles. The van der Waals surface area contributed by atoms with Gasteiger partial charge in [0.05, 0.1) is 12.8 Å². The van der Waals surface area contributed by atoms with Crippen LogP contribution in [0.15, 0.2) is 24.3 Å². The molecule has 0 amide bonds. The lowest BCUT2D eigenvalue weighted by Gasteiger charge is -2.21. The molecule has 1 N–H and O–H groups in total. The monoisotopic (exact) mass is 220 g/mol. The van der Waals surface area contributed by atoms with Crippen LogP contribution in [0.25, 0.3) is 0 Å². The second-order valence-corrected chi connectivity index (χ2v) is 4.45. The summed E-state index contributed by atoms with van der Waals surface area (Å²) in [4.78, 5) is 2.39. The van der Waals surface area contributed by atoms with Crippen LogP contribution < -0.4 is 15.0 Å². The average molecular weight is 220 g/mol. The van der Waals surface area contributed by atoms with E-state index in [1.807, 2.05) is 19.2 Å². The van der Waals surface area contributed by atoms with E-state index in [0.29, 0.717) is 12.0 Å². The quantitative estimate of drug-likeness (QED) is 0.839. The van der Waals surface area contributed by atoms with Gasteiger partial charge in [0.1, 0.15) is 5.75 Å². The molecular formula is C13H20N2O. The number of anilines is 1. The molecular weight excluding hydrogens is 200 g/mol. The summed E-state index contributed by atoms with van der Waals surface area (Å²) in [6, 6.07) is 8.80.